The summed E-state index contributed by atoms with van der Waals surface area (Å²) in [7, 11) is 0. The molecule has 8 heteroatoms. The van der Waals surface area contributed by atoms with Gasteiger partial charge in [0.2, 0.25) is 0 Å². The van der Waals surface area contributed by atoms with E-state index in [-0.39, 0.29) is 12.5 Å². The third-order valence-corrected chi connectivity index (χ3v) is 3.50. The number of amides is 1. The first-order valence-electron chi connectivity index (χ1n) is 7.40. The molecule has 26 heavy (non-hydrogen) atoms. The van der Waals surface area contributed by atoms with Crippen LogP contribution in [0.25, 0.3) is 0 Å². The number of aryl methyl sites for hydroxylation is 2. The van der Waals surface area contributed by atoms with E-state index in [0.717, 1.165) is 21.3 Å². The molecule has 0 heterocycles. The van der Waals surface area contributed by atoms with Gasteiger partial charge in [-0.2, -0.15) is 0 Å². The van der Waals surface area contributed by atoms with Crippen LogP contribution in [0.15, 0.2) is 46.9 Å². The van der Waals surface area contributed by atoms with Crippen LogP contribution < -0.4 is 10.1 Å². The fourth-order valence-electron chi connectivity index (χ4n) is 1.81. The van der Waals surface area contributed by atoms with Crippen LogP contribution in [-0.2, 0) is 14.4 Å². The number of ether oxygens (including phenoxy) is 1. The van der Waals surface area contributed by atoms with E-state index in [1.807, 2.05) is 56.3 Å². The molecule has 2 rings (SSSR count). The van der Waals surface area contributed by atoms with Crippen molar-refractivity contribution < 1.29 is 29.3 Å². The molecule has 2 aromatic rings. The van der Waals surface area contributed by atoms with E-state index in [1.54, 1.807) is 0 Å². The Labute approximate surface area is 158 Å². The fourth-order valence-corrected chi connectivity index (χ4v) is 2.28. The van der Waals surface area contributed by atoms with E-state index in [0.29, 0.717) is 5.75 Å². The summed E-state index contributed by atoms with van der Waals surface area (Å²) in [6.07, 6.45) is 0. The highest BCUT2D eigenvalue weighted by Crippen LogP contribution is 2.20. The maximum atomic E-state index is 11.9. The van der Waals surface area contributed by atoms with Crippen LogP contribution in [0.3, 0.4) is 0 Å². The molecule has 1 amide bonds. The average Bonchev–Trinajstić information content (AvgIpc) is 2.56. The van der Waals surface area contributed by atoms with Gasteiger partial charge in [-0.25, -0.2) is 9.59 Å². The highest BCUT2D eigenvalue weighted by Gasteiger charge is 2.06. The van der Waals surface area contributed by atoms with Gasteiger partial charge in [0.05, 0.1) is 0 Å². The van der Waals surface area contributed by atoms with Crippen LogP contribution in [0.5, 0.6) is 5.75 Å². The second-order valence-corrected chi connectivity index (χ2v) is 6.14. The summed E-state index contributed by atoms with van der Waals surface area (Å²) >= 11 is 3.39. The van der Waals surface area contributed by atoms with Gasteiger partial charge >= 0.3 is 11.9 Å². The van der Waals surface area contributed by atoms with E-state index in [4.69, 9.17) is 24.5 Å². The zero-order valence-electron chi connectivity index (χ0n) is 14.2. The molecule has 3 N–H and O–H groups in total. The molecule has 0 aromatic heterocycles. The minimum atomic E-state index is -1.82. The van der Waals surface area contributed by atoms with Crippen LogP contribution >= 0.6 is 15.9 Å². The molecule has 0 fully saturated rings. The Hall–Kier alpha value is -2.87. The minimum absolute atomic E-state index is 0.00103. The number of carboxylic acid groups (broad SMARTS) is 2. The summed E-state index contributed by atoms with van der Waals surface area (Å²) in [6.45, 7) is 3.93. The Morgan fingerprint density at radius 2 is 1.69 bits per heavy atom. The molecule has 2 aromatic carbocycles. The summed E-state index contributed by atoms with van der Waals surface area (Å²) in [4.78, 5) is 30.1. The smallest absolute Gasteiger partial charge is 0.414 e. The van der Waals surface area contributed by atoms with Crippen molar-refractivity contribution >= 4 is 39.5 Å². The molecular weight excluding hydrogens is 406 g/mol. The molecule has 0 aliphatic heterocycles. The van der Waals surface area contributed by atoms with E-state index in [2.05, 4.69) is 21.2 Å². The molecule has 0 saturated heterocycles. The third-order valence-electron chi connectivity index (χ3n) is 3.00. The lowest BCUT2D eigenvalue weighted by Crippen LogP contribution is -2.20. The number of hydrogen-bond acceptors (Lipinski definition) is 4. The van der Waals surface area contributed by atoms with Gasteiger partial charge in [-0.15, -0.1) is 0 Å². The standard InChI is InChI=1S/C16H16BrNO2.C2H2O4/c1-11-4-3-5-14(8-11)20-10-16(19)18-15-7-6-13(17)9-12(15)2;3-1(4)2(5)6/h3-9H,10H2,1-2H3,(H,18,19);(H,3,4)(H,5,6). The Bertz CT molecular complexity index is 794. The van der Waals surface area contributed by atoms with Crippen molar-refractivity contribution in [2.24, 2.45) is 0 Å². The van der Waals surface area contributed by atoms with E-state index in [9.17, 15) is 4.79 Å². The molecule has 0 saturated carbocycles. The lowest BCUT2D eigenvalue weighted by atomic mass is 10.2. The SMILES string of the molecule is Cc1cccc(OCC(=O)Nc2ccc(Br)cc2C)c1.O=C(O)C(=O)O. The van der Waals surface area contributed by atoms with Gasteiger partial charge in [-0.3, -0.25) is 4.79 Å². The summed E-state index contributed by atoms with van der Waals surface area (Å²) in [5, 5.41) is 17.6. The van der Waals surface area contributed by atoms with Crippen molar-refractivity contribution in [3.63, 3.8) is 0 Å². The van der Waals surface area contributed by atoms with Crippen LogP contribution in [0, 0.1) is 13.8 Å². The quantitative estimate of drug-likeness (QED) is 0.650. The molecule has 7 nitrogen and oxygen atoms in total. The first-order chi connectivity index (χ1) is 12.2. The number of carbonyl (C=O) groups excluding carboxylic acids is 1. The van der Waals surface area contributed by atoms with Crippen LogP contribution in [0.1, 0.15) is 11.1 Å². The molecule has 0 spiro atoms. The van der Waals surface area contributed by atoms with E-state index in [1.165, 1.54) is 0 Å². The highest BCUT2D eigenvalue weighted by atomic mass is 79.9. The van der Waals surface area contributed by atoms with E-state index < -0.39 is 11.9 Å². The van der Waals surface area contributed by atoms with Gasteiger partial charge in [0.1, 0.15) is 5.75 Å². The maximum absolute atomic E-state index is 11.9. The van der Waals surface area contributed by atoms with Crippen molar-refractivity contribution in [2.45, 2.75) is 13.8 Å². The van der Waals surface area contributed by atoms with Crippen LogP contribution in [-0.4, -0.2) is 34.7 Å². The van der Waals surface area contributed by atoms with Crippen molar-refractivity contribution in [1.29, 1.82) is 0 Å². The number of aliphatic carboxylic acids is 2. The Kier molecular flexibility index (Phi) is 8.30. The largest absolute Gasteiger partial charge is 0.484 e. The fraction of sp³-hybridized carbons (Fsp3) is 0.167. The lowest BCUT2D eigenvalue weighted by Gasteiger charge is -2.10. The number of hydrogen-bond donors (Lipinski definition) is 3. The van der Waals surface area contributed by atoms with Crippen molar-refractivity contribution in [1.82, 2.24) is 0 Å². The normalized spacial score (nSPS) is 9.50. The Morgan fingerprint density at radius 3 is 2.23 bits per heavy atom. The van der Waals surface area contributed by atoms with E-state index >= 15 is 0 Å². The second kappa shape index (κ2) is 10.2. The number of rotatable bonds is 4. The molecule has 0 aliphatic carbocycles. The van der Waals surface area contributed by atoms with Crippen molar-refractivity contribution in [3.05, 3.63) is 58.1 Å². The number of anilines is 1. The summed E-state index contributed by atoms with van der Waals surface area (Å²) < 4.78 is 6.45. The summed E-state index contributed by atoms with van der Waals surface area (Å²) in [5.74, 6) is -3.12. The lowest BCUT2D eigenvalue weighted by molar-refractivity contribution is -0.159. The zero-order chi connectivity index (χ0) is 19.7. The molecule has 138 valence electrons. The number of nitrogens with one attached hydrogen (secondary N) is 1. The first-order valence-corrected chi connectivity index (χ1v) is 8.20. The molecule has 0 unspecified atom stereocenters. The molecule has 0 aliphatic rings. The van der Waals surface area contributed by atoms with Gasteiger partial charge in [0.25, 0.3) is 5.91 Å². The number of carbonyl (C=O) groups is 3. The zero-order valence-corrected chi connectivity index (χ0v) is 15.7. The van der Waals surface area contributed by atoms with Gasteiger partial charge in [-0.05, 0) is 55.3 Å². The molecular formula is C18H18BrNO6. The number of benzene rings is 2. The maximum Gasteiger partial charge on any atom is 0.414 e. The Morgan fingerprint density at radius 1 is 1.04 bits per heavy atom. The van der Waals surface area contributed by atoms with Gasteiger partial charge < -0.3 is 20.3 Å². The van der Waals surface area contributed by atoms with Gasteiger partial charge in [-0.1, -0.05) is 28.1 Å². The molecule has 0 bridgehead atoms. The molecule has 0 radical (unpaired) electrons. The van der Waals surface area contributed by atoms with Crippen LogP contribution in [0.2, 0.25) is 0 Å². The predicted octanol–water partition coefficient (Wildman–Crippen LogP) is 3.24. The second-order valence-electron chi connectivity index (χ2n) is 5.22. The highest BCUT2D eigenvalue weighted by molar-refractivity contribution is 9.10. The summed E-state index contributed by atoms with van der Waals surface area (Å²) in [5.41, 5.74) is 2.90. The number of halogens is 1. The van der Waals surface area contributed by atoms with Crippen molar-refractivity contribution in [3.8, 4) is 5.75 Å². The van der Waals surface area contributed by atoms with Crippen molar-refractivity contribution in [2.75, 3.05) is 11.9 Å². The average molecular weight is 424 g/mol. The Balaban J connectivity index is 0.000000487. The summed E-state index contributed by atoms with van der Waals surface area (Å²) in [6, 6.07) is 13.3. The van der Waals surface area contributed by atoms with Gasteiger partial charge in [0.15, 0.2) is 6.61 Å². The predicted molar refractivity (Wildman–Crippen MR) is 99.5 cm³/mol. The molecule has 0 atom stereocenters. The third kappa shape index (κ3) is 7.80. The van der Waals surface area contributed by atoms with Crippen LogP contribution in [0.4, 0.5) is 5.69 Å². The topological polar surface area (TPSA) is 113 Å². The first kappa shape index (κ1) is 21.2. The van der Waals surface area contributed by atoms with Gasteiger partial charge in [0, 0.05) is 10.2 Å². The monoisotopic (exact) mass is 423 g/mol. The number of carboxylic acids is 2. The minimum Gasteiger partial charge on any atom is -0.484 e.